The molecule has 1 aliphatic heterocycles. The van der Waals surface area contributed by atoms with Gasteiger partial charge in [-0.1, -0.05) is 12.1 Å². The van der Waals surface area contributed by atoms with Crippen LogP contribution in [0.1, 0.15) is 11.4 Å². The van der Waals surface area contributed by atoms with E-state index in [9.17, 15) is 9.59 Å². The van der Waals surface area contributed by atoms with E-state index in [0.717, 1.165) is 36.5 Å². The second kappa shape index (κ2) is 5.97. The molecule has 0 saturated heterocycles. The van der Waals surface area contributed by atoms with Crippen LogP contribution in [0.15, 0.2) is 35.1 Å². The number of H-pyrrole nitrogens is 1. The van der Waals surface area contributed by atoms with Gasteiger partial charge in [0.15, 0.2) is 0 Å². The molecular weight excluding hydrogens is 308 g/mol. The predicted molar refractivity (Wildman–Crippen MR) is 88.3 cm³/mol. The number of hydrogen-bond donors (Lipinski definition) is 3. The molecule has 0 saturated carbocycles. The minimum Gasteiger partial charge on any atom is -0.349 e. The molecule has 0 radical (unpaired) electrons. The second-order valence-electron chi connectivity index (χ2n) is 5.85. The van der Waals surface area contributed by atoms with Crippen molar-refractivity contribution >= 4 is 16.8 Å². The fourth-order valence-corrected chi connectivity index (χ4v) is 2.95. The van der Waals surface area contributed by atoms with Crippen molar-refractivity contribution in [3.8, 4) is 0 Å². The summed E-state index contributed by atoms with van der Waals surface area (Å²) in [6.07, 6.45) is 0. The van der Waals surface area contributed by atoms with E-state index in [2.05, 4.69) is 20.8 Å². The molecule has 0 aliphatic carbocycles. The van der Waals surface area contributed by atoms with Gasteiger partial charge in [-0.15, -0.1) is 0 Å². The number of aromatic nitrogens is 4. The van der Waals surface area contributed by atoms with Crippen LogP contribution in [0, 0.1) is 0 Å². The Hall–Kier alpha value is -2.87. The summed E-state index contributed by atoms with van der Waals surface area (Å²) in [5, 5.41) is 14.1. The number of hydrogen-bond acceptors (Lipinski definition) is 4. The summed E-state index contributed by atoms with van der Waals surface area (Å²) in [6.45, 7) is 2.86. The van der Waals surface area contributed by atoms with E-state index < -0.39 is 0 Å². The van der Waals surface area contributed by atoms with Gasteiger partial charge in [0.25, 0.3) is 5.56 Å². The Morgan fingerprint density at radius 3 is 3.04 bits per heavy atom. The number of rotatable bonds is 4. The second-order valence-corrected chi connectivity index (χ2v) is 5.85. The smallest absolute Gasteiger partial charge is 0.274 e. The highest BCUT2D eigenvalue weighted by Gasteiger charge is 2.13. The molecule has 0 atom stereocenters. The number of nitrogens with zero attached hydrogens (tertiary/aromatic N) is 3. The molecule has 3 N–H and O–H groups in total. The van der Waals surface area contributed by atoms with Crippen molar-refractivity contribution in [3.63, 3.8) is 0 Å². The van der Waals surface area contributed by atoms with Crippen LogP contribution in [0.4, 0.5) is 0 Å². The summed E-state index contributed by atoms with van der Waals surface area (Å²) in [5.41, 5.74) is 2.48. The molecule has 4 rings (SSSR count). The highest BCUT2D eigenvalue weighted by Crippen LogP contribution is 2.08. The fourth-order valence-electron chi connectivity index (χ4n) is 2.95. The molecule has 0 unspecified atom stereocenters. The summed E-state index contributed by atoms with van der Waals surface area (Å²) in [6, 6.07) is 9.19. The van der Waals surface area contributed by atoms with E-state index >= 15 is 0 Å². The normalized spacial score (nSPS) is 13.8. The first-order valence-corrected chi connectivity index (χ1v) is 7.91. The van der Waals surface area contributed by atoms with Crippen LogP contribution < -0.4 is 16.2 Å². The molecule has 1 aliphatic rings. The first kappa shape index (κ1) is 14.7. The quantitative estimate of drug-likeness (QED) is 0.626. The zero-order chi connectivity index (χ0) is 16.5. The zero-order valence-electron chi connectivity index (χ0n) is 13.1. The molecule has 3 aromatic rings. The van der Waals surface area contributed by atoms with Gasteiger partial charge in [0.05, 0.1) is 35.4 Å². The van der Waals surface area contributed by atoms with Crippen LogP contribution >= 0.6 is 0 Å². The van der Waals surface area contributed by atoms with Gasteiger partial charge in [-0.3, -0.25) is 19.4 Å². The number of carbonyl (C=O) groups is 1. The SMILES string of the molecule is O=C(Cn1[nH]c2ccccc2c1=O)NCc1cc2n(n1)CCNC2. The number of para-hydroxylation sites is 1. The topological polar surface area (TPSA) is 96.7 Å². The van der Waals surface area contributed by atoms with Crippen LogP contribution in [-0.4, -0.2) is 32.0 Å². The molecule has 2 aromatic heterocycles. The number of fused-ring (bicyclic) bond motifs is 2. The molecule has 1 aromatic carbocycles. The van der Waals surface area contributed by atoms with Gasteiger partial charge >= 0.3 is 0 Å². The van der Waals surface area contributed by atoms with Gasteiger partial charge in [-0.05, 0) is 18.2 Å². The first-order chi connectivity index (χ1) is 11.7. The minimum absolute atomic E-state index is 0.0391. The maximum atomic E-state index is 12.2. The molecule has 124 valence electrons. The van der Waals surface area contributed by atoms with Crippen molar-refractivity contribution in [2.45, 2.75) is 26.2 Å². The van der Waals surface area contributed by atoms with E-state index in [1.807, 2.05) is 22.9 Å². The Balaban J connectivity index is 1.42. The monoisotopic (exact) mass is 326 g/mol. The van der Waals surface area contributed by atoms with Crippen molar-refractivity contribution in [1.29, 1.82) is 0 Å². The van der Waals surface area contributed by atoms with Crippen LogP contribution in [0.2, 0.25) is 0 Å². The van der Waals surface area contributed by atoms with E-state index in [4.69, 9.17) is 0 Å². The van der Waals surface area contributed by atoms with Crippen LogP contribution in [0.5, 0.6) is 0 Å². The van der Waals surface area contributed by atoms with E-state index in [-0.39, 0.29) is 18.0 Å². The van der Waals surface area contributed by atoms with Crippen LogP contribution in [0.3, 0.4) is 0 Å². The Morgan fingerprint density at radius 2 is 2.21 bits per heavy atom. The van der Waals surface area contributed by atoms with Crippen molar-refractivity contribution in [2.24, 2.45) is 0 Å². The Bertz CT molecular complexity index is 928. The lowest BCUT2D eigenvalue weighted by Crippen LogP contribution is -2.31. The fraction of sp³-hybridized carbons (Fsp3) is 0.312. The predicted octanol–water partition coefficient (Wildman–Crippen LogP) is -0.0543. The lowest BCUT2D eigenvalue weighted by atomic mass is 10.3. The summed E-state index contributed by atoms with van der Waals surface area (Å²) >= 11 is 0. The maximum Gasteiger partial charge on any atom is 0.274 e. The molecule has 8 heteroatoms. The Morgan fingerprint density at radius 1 is 1.33 bits per heavy atom. The van der Waals surface area contributed by atoms with Gasteiger partial charge in [0, 0.05) is 13.1 Å². The highest BCUT2D eigenvalue weighted by atomic mass is 16.2. The van der Waals surface area contributed by atoms with E-state index in [0.29, 0.717) is 11.9 Å². The molecule has 1 amide bonds. The lowest BCUT2D eigenvalue weighted by molar-refractivity contribution is -0.122. The number of aromatic amines is 1. The van der Waals surface area contributed by atoms with Gasteiger partial charge in [0.1, 0.15) is 6.54 Å². The minimum atomic E-state index is -0.229. The third kappa shape index (κ3) is 2.71. The summed E-state index contributed by atoms with van der Waals surface area (Å²) in [5.74, 6) is -0.229. The Labute approximate surface area is 137 Å². The molecule has 24 heavy (non-hydrogen) atoms. The van der Waals surface area contributed by atoms with Crippen molar-refractivity contribution < 1.29 is 4.79 Å². The average Bonchev–Trinajstić information content (AvgIpc) is 3.15. The van der Waals surface area contributed by atoms with Crippen molar-refractivity contribution in [3.05, 3.63) is 52.1 Å². The van der Waals surface area contributed by atoms with Crippen LogP contribution in [-0.2, 0) is 31.0 Å². The number of carbonyl (C=O) groups excluding carboxylic acids is 1. The molecule has 0 fully saturated rings. The highest BCUT2D eigenvalue weighted by molar-refractivity contribution is 5.79. The van der Waals surface area contributed by atoms with E-state index in [1.165, 1.54) is 4.68 Å². The van der Waals surface area contributed by atoms with Gasteiger partial charge in [-0.2, -0.15) is 5.10 Å². The largest absolute Gasteiger partial charge is 0.349 e. The van der Waals surface area contributed by atoms with Crippen molar-refractivity contribution in [2.75, 3.05) is 6.54 Å². The number of amides is 1. The number of benzene rings is 1. The standard InChI is InChI=1S/C16H18N6O2/c23-15(10-22-16(24)13-3-1-2-4-14(13)20-22)18-8-11-7-12-9-17-5-6-21(12)19-11/h1-4,7,17,20H,5-6,8-10H2,(H,18,23). The van der Waals surface area contributed by atoms with Gasteiger partial charge in [-0.25, -0.2) is 4.68 Å². The maximum absolute atomic E-state index is 12.2. The average molecular weight is 326 g/mol. The zero-order valence-corrected chi connectivity index (χ0v) is 13.1. The van der Waals surface area contributed by atoms with Gasteiger partial charge in [0.2, 0.25) is 5.91 Å². The van der Waals surface area contributed by atoms with E-state index in [1.54, 1.807) is 12.1 Å². The first-order valence-electron chi connectivity index (χ1n) is 7.91. The molecule has 3 heterocycles. The number of nitrogens with one attached hydrogen (secondary N) is 3. The van der Waals surface area contributed by atoms with Gasteiger partial charge < -0.3 is 10.6 Å². The molecule has 0 bridgehead atoms. The third-order valence-corrected chi connectivity index (χ3v) is 4.15. The third-order valence-electron chi connectivity index (χ3n) is 4.15. The lowest BCUT2D eigenvalue weighted by Gasteiger charge is -2.13. The molecule has 8 nitrogen and oxygen atoms in total. The molecule has 0 spiro atoms. The van der Waals surface area contributed by atoms with Crippen molar-refractivity contribution in [1.82, 2.24) is 30.2 Å². The molecular formula is C16H18N6O2. The summed E-state index contributed by atoms with van der Waals surface area (Å²) in [4.78, 5) is 24.3. The summed E-state index contributed by atoms with van der Waals surface area (Å²) in [7, 11) is 0. The Kier molecular flexibility index (Phi) is 3.66. The summed E-state index contributed by atoms with van der Waals surface area (Å²) < 4.78 is 3.28. The van der Waals surface area contributed by atoms with Crippen LogP contribution in [0.25, 0.3) is 10.9 Å².